The quantitative estimate of drug-likeness (QED) is 0.910. The van der Waals surface area contributed by atoms with E-state index in [0.717, 1.165) is 0 Å². The number of aryl methyl sites for hydroxylation is 1. The zero-order chi connectivity index (χ0) is 14.9. The van der Waals surface area contributed by atoms with Crippen molar-refractivity contribution < 1.29 is 9.90 Å². The zero-order valence-corrected chi connectivity index (χ0v) is 12.1. The molecule has 0 aliphatic carbocycles. The maximum Gasteiger partial charge on any atom is 0.270 e. The predicted molar refractivity (Wildman–Crippen MR) is 78.7 cm³/mol. The molecule has 2 aromatic rings. The van der Waals surface area contributed by atoms with Crippen LogP contribution in [-0.4, -0.2) is 38.6 Å². The Morgan fingerprint density at radius 2 is 2.00 bits per heavy atom. The van der Waals surface area contributed by atoms with E-state index in [9.17, 15) is 9.90 Å². The summed E-state index contributed by atoms with van der Waals surface area (Å²) in [4.78, 5) is 18.5. The van der Waals surface area contributed by atoms with Crippen molar-refractivity contribution in [2.45, 2.75) is 18.4 Å². The van der Waals surface area contributed by atoms with Gasteiger partial charge in [0, 0.05) is 32.5 Å². The molecule has 3 rings (SSSR count). The van der Waals surface area contributed by atoms with E-state index in [0.29, 0.717) is 37.3 Å². The first-order valence-corrected chi connectivity index (χ1v) is 7.15. The topological polar surface area (TPSA) is 58.4 Å². The van der Waals surface area contributed by atoms with Crippen LogP contribution in [0.2, 0.25) is 0 Å². The molecule has 0 aromatic carbocycles. The number of rotatable bonds is 2. The second-order valence-corrected chi connectivity index (χ2v) is 5.54. The van der Waals surface area contributed by atoms with E-state index in [1.165, 1.54) is 0 Å². The monoisotopic (exact) mass is 285 g/mol. The summed E-state index contributed by atoms with van der Waals surface area (Å²) in [5.74, 6) is 0.0190. The summed E-state index contributed by atoms with van der Waals surface area (Å²) in [5, 5.41) is 10.7. The van der Waals surface area contributed by atoms with Gasteiger partial charge >= 0.3 is 0 Å². The lowest BCUT2D eigenvalue weighted by molar-refractivity contribution is -0.0246. The van der Waals surface area contributed by atoms with Crippen molar-refractivity contribution in [2.24, 2.45) is 7.05 Å². The fourth-order valence-corrected chi connectivity index (χ4v) is 2.82. The molecule has 110 valence electrons. The van der Waals surface area contributed by atoms with Gasteiger partial charge in [0.1, 0.15) is 11.3 Å². The summed E-state index contributed by atoms with van der Waals surface area (Å²) < 4.78 is 1.82. The van der Waals surface area contributed by atoms with Gasteiger partial charge in [0.15, 0.2) is 0 Å². The molecular weight excluding hydrogens is 266 g/mol. The highest BCUT2D eigenvalue weighted by Crippen LogP contribution is 2.31. The Balaban J connectivity index is 1.71. The second kappa shape index (κ2) is 5.33. The lowest BCUT2D eigenvalue weighted by Gasteiger charge is -2.37. The number of piperidine rings is 1. The molecule has 1 saturated heterocycles. The van der Waals surface area contributed by atoms with E-state index in [2.05, 4.69) is 4.98 Å². The van der Waals surface area contributed by atoms with E-state index >= 15 is 0 Å². The van der Waals surface area contributed by atoms with Crippen LogP contribution in [0.5, 0.6) is 0 Å². The normalized spacial score (nSPS) is 17.7. The fraction of sp³-hybridized carbons (Fsp3) is 0.375. The van der Waals surface area contributed by atoms with Crippen molar-refractivity contribution in [3.05, 3.63) is 54.1 Å². The van der Waals surface area contributed by atoms with Gasteiger partial charge in [-0.05, 0) is 37.1 Å². The summed E-state index contributed by atoms with van der Waals surface area (Å²) in [6.07, 6.45) is 4.58. The molecular formula is C16H19N3O2. The molecule has 0 unspecified atom stereocenters. The summed E-state index contributed by atoms with van der Waals surface area (Å²) in [6, 6.07) is 9.24. The average Bonchev–Trinajstić information content (AvgIpc) is 2.94. The van der Waals surface area contributed by atoms with Crippen molar-refractivity contribution in [3.8, 4) is 0 Å². The molecule has 0 saturated carbocycles. The molecule has 2 aromatic heterocycles. The maximum absolute atomic E-state index is 12.4. The van der Waals surface area contributed by atoms with Gasteiger partial charge in [-0.3, -0.25) is 9.78 Å². The van der Waals surface area contributed by atoms with Crippen molar-refractivity contribution in [1.82, 2.24) is 14.5 Å². The summed E-state index contributed by atoms with van der Waals surface area (Å²) >= 11 is 0. The number of carbonyl (C=O) groups is 1. The Hall–Kier alpha value is -2.14. The smallest absolute Gasteiger partial charge is 0.270 e. The highest BCUT2D eigenvalue weighted by atomic mass is 16.3. The first-order valence-electron chi connectivity index (χ1n) is 7.15. The Morgan fingerprint density at radius 3 is 2.57 bits per heavy atom. The van der Waals surface area contributed by atoms with Crippen LogP contribution in [0.15, 0.2) is 42.7 Å². The number of amides is 1. The minimum Gasteiger partial charge on any atom is -0.383 e. The first kappa shape index (κ1) is 13.8. The lowest BCUT2D eigenvalue weighted by atomic mass is 9.87. The number of nitrogens with zero attached hydrogens (tertiary/aromatic N) is 3. The van der Waals surface area contributed by atoms with Gasteiger partial charge in [-0.1, -0.05) is 6.07 Å². The molecule has 1 aliphatic heterocycles. The standard InChI is InChI=1S/C16H19N3O2/c1-18-10-4-5-13(18)15(20)19-11-7-16(21,8-12-19)14-6-2-3-9-17-14/h2-6,9-10,21H,7-8,11-12H2,1H3. The summed E-state index contributed by atoms with van der Waals surface area (Å²) in [5.41, 5.74) is 0.445. The average molecular weight is 285 g/mol. The Morgan fingerprint density at radius 1 is 1.24 bits per heavy atom. The fourth-order valence-electron chi connectivity index (χ4n) is 2.82. The molecule has 5 nitrogen and oxygen atoms in total. The van der Waals surface area contributed by atoms with Crippen molar-refractivity contribution >= 4 is 5.91 Å². The van der Waals surface area contributed by atoms with Gasteiger partial charge in [0.25, 0.3) is 5.91 Å². The molecule has 0 spiro atoms. The molecule has 0 radical (unpaired) electrons. The molecule has 1 aliphatic rings. The van der Waals surface area contributed by atoms with Crippen LogP contribution in [0, 0.1) is 0 Å². The summed E-state index contributed by atoms with van der Waals surface area (Å²) in [7, 11) is 1.86. The highest BCUT2D eigenvalue weighted by molar-refractivity contribution is 5.92. The largest absolute Gasteiger partial charge is 0.383 e. The number of likely N-dealkylation sites (tertiary alicyclic amines) is 1. The second-order valence-electron chi connectivity index (χ2n) is 5.54. The van der Waals surface area contributed by atoms with E-state index in [-0.39, 0.29) is 5.91 Å². The molecule has 1 fully saturated rings. The molecule has 5 heteroatoms. The van der Waals surface area contributed by atoms with Crippen LogP contribution in [0.1, 0.15) is 29.0 Å². The SMILES string of the molecule is Cn1cccc1C(=O)N1CCC(O)(c2ccccn2)CC1. The number of hydrogen-bond acceptors (Lipinski definition) is 3. The van der Waals surface area contributed by atoms with Crippen molar-refractivity contribution in [1.29, 1.82) is 0 Å². The van der Waals surface area contributed by atoms with E-state index in [4.69, 9.17) is 0 Å². The van der Waals surface area contributed by atoms with Gasteiger partial charge in [0.05, 0.1) is 5.69 Å². The lowest BCUT2D eigenvalue weighted by Crippen LogP contribution is -2.45. The molecule has 1 N–H and O–H groups in total. The minimum absolute atomic E-state index is 0.0190. The number of carbonyl (C=O) groups excluding carboxylic acids is 1. The van der Waals surface area contributed by atoms with E-state index in [1.807, 2.05) is 48.1 Å². The summed E-state index contributed by atoms with van der Waals surface area (Å²) in [6.45, 7) is 1.08. The molecule has 3 heterocycles. The molecule has 0 bridgehead atoms. The predicted octanol–water partition coefficient (Wildman–Crippen LogP) is 1.54. The molecule has 1 amide bonds. The number of pyridine rings is 1. The van der Waals surface area contributed by atoms with Crippen LogP contribution in [0.25, 0.3) is 0 Å². The first-order chi connectivity index (χ1) is 10.1. The third kappa shape index (κ3) is 2.56. The third-order valence-corrected chi connectivity index (χ3v) is 4.18. The Kier molecular flexibility index (Phi) is 3.51. The van der Waals surface area contributed by atoms with E-state index < -0.39 is 5.60 Å². The number of aliphatic hydroxyl groups is 1. The van der Waals surface area contributed by atoms with Gasteiger partial charge < -0.3 is 14.6 Å². The van der Waals surface area contributed by atoms with Crippen molar-refractivity contribution in [3.63, 3.8) is 0 Å². The van der Waals surface area contributed by atoms with Crippen LogP contribution >= 0.6 is 0 Å². The van der Waals surface area contributed by atoms with E-state index in [1.54, 1.807) is 11.1 Å². The van der Waals surface area contributed by atoms with Crippen LogP contribution in [0.4, 0.5) is 0 Å². The number of aromatic nitrogens is 2. The Bertz CT molecular complexity index is 628. The van der Waals surface area contributed by atoms with Gasteiger partial charge in [0.2, 0.25) is 0 Å². The third-order valence-electron chi connectivity index (χ3n) is 4.18. The van der Waals surface area contributed by atoms with Crippen LogP contribution in [-0.2, 0) is 12.6 Å². The van der Waals surface area contributed by atoms with Gasteiger partial charge in [-0.25, -0.2) is 0 Å². The number of hydrogen-bond donors (Lipinski definition) is 1. The van der Waals surface area contributed by atoms with Gasteiger partial charge in [-0.2, -0.15) is 0 Å². The molecule has 21 heavy (non-hydrogen) atoms. The highest BCUT2D eigenvalue weighted by Gasteiger charge is 2.36. The van der Waals surface area contributed by atoms with Crippen molar-refractivity contribution in [2.75, 3.05) is 13.1 Å². The maximum atomic E-state index is 12.4. The minimum atomic E-state index is -0.924. The Labute approximate surface area is 123 Å². The van der Waals surface area contributed by atoms with Crippen LogP contribution in [0.3, 0.4) is 0 Å². The van der Waals surface area contributed by atoms with Gasteiger partial charge in [-0.15, -0.1) is 0 Å². The zero-order valence-electron chi connectivity index (χ0n) is 12.1. The molecule has 0 atom stereocenters. The van der Waals surface area contributed by atoms with Crippen LogP contribution < -0.4 is 0 Å².